The molecule has 3 rings (SSSR count). The predicted molar refractivity (Wildman–Crippen MR) is 76.7 cm³/mol. The number of anilines is 1. The molecule has 0 spiro atoms. The first-order valence-corrected chi connectivity index (χ1v) is 6.34. The second-order valence-corrected chi connectivity index (χ2v) is 4.39. The summed E-state index contributed by atoms with van der Waals surface area (Å²) in [5, 5.41) is 10.5. The molecule has 0 saturated carbocycles. The van der Waals surface area contributed by atoms with E-state index in [1.165, 1.54) is 0 Å². The van der Waals surface area contributed by atoms with Crippen molar-refractivity contribution in [1.82, 2.24) is 15.2 Å². The smallest absolute Gasteiger partial charge is 0.255 e. The second kappa shape index (κ2) is 5.54. The van der Waals surface area contributed by atoms with Crippen molar-refractivity contribution in [1.29, 1.82) is 0 Å². The molecule has 0 aliphatic heterocycles. The van der Waals surface area contributed by atoms with Crippen LogP contribution < -0.4 is 5.32 Å². The topological polar surface area (TPSA) is 80.9 Å². The number of carbonyl (C=O) groups is 1. The first kappa shape index (κ1) is 13.0. The van der Waals surface area contributed by atoms with E-state index in [0.717, 1.165) is 5.56 Å². The van der Waals surface area contributed by atoms with Crippen molar-refractivity contribution in [3.8, 4) is 11.5 Å². The fraction of sp³-hybridized carbons (Fsp3) is 0.0667. The van der Waals surface area contributed by atoms with Gasteiger partial charge in [0.15, 0.2) is 0 Å². The number of hydrogen-bond donors (Lipinski definition) is 1. The van der Waals surface area contributed by atoms with E-state index in [1.54, 1.807) is 43.6 Å². The van der Waals surface area contributed by atoms with E-state index >= 15 is 0 Å². The molecule has 0 bridgehead atoms. The standard InChI is InChI=1S/C15H12N4O2/c1-10-18-19-15(21-10)12-2-4-13(5-3-12)17-14(20)11-6-8-16-9-7-11/h2-9H,1H3,(H,17,20). The average Bonchev–Trinajstić information content (AvgIpc) is 2.95. The number of rotatable bonds is 3. The maximum Gasteiger partial charge on any atom is 0.255 e. The lowest BCUT2D eigenvalue weighted by molar-refractivity contribution is 0.102. The molecule has 1 N–H and O–H groups in total. The summed E-state index contributed by atoms with van der Waals surface area (Å²) >= 11 is 0. The molecule has 3 aromatic rings. The van der Waals surface area contributed by atoms with Crippen molar-refractivity contribution in [3.05, 3.63) is 60.2 Å². The molecule has 0 saturated heterocycles. The lowest BCUT2D eigenvalue weighted by atomic mass is 10.2. The highest BCUT2D eigenvalue weighted by Gasteiger charge is 2.08. The maximum absolute atomic E-state index is 12.0. The van der Waals surface area contributed by atoms with Gasteiger partial charge in [0, 0.05) is 36.1 Å². The highest BCUT2D eigenvalue weighted by atomic mass is 16.4. The molecule has 2 heterocycles. The Labute approximate surface area is 120 Å². The van der Waals surface area contributed by atoms with Gasteiger partial charge in [-0.2, -0.15) is 0 Å². The molecular formula is C15H12N4O2. The molecule has 1 aromatic carbocycles. The van der Waals surface area contributed by atoms with E-state index in [4.69, 9.17) is 4.42 Å². The minimum atomic E-state index is -0.182. The van der Waals surface area contributed by atoms with Crippen LogP contribution in [0.15, 0.2) is 53.2 Å². The summed E-state index contributed by atoms with van der Waals surface area (Å²) in [5.41, 5.74) is 2.05. The molecular weight excluding hydrogens is 268 g/mol. The minimum Gasteiger partial charge on any atom is -0.421 e. The number of nitrogens with one attached hydrogen (secondary N) is 1. The molecule has 0 aliphatic rings. The Morgan fingerprint density at radius 2 is 1.76 bits per heavy atom. The molecule has 0 unspecified atom stereocenters. The molecule has 0 aliphatic carbocycles. The van der Waals surface area contributed by atoms with Gasteiger partial charge in [0.1, 0.15) is 0 Å². The molecule has 0 atom stereocenters. The monoisotopic (exact) mass is 280 g/mol. The number of benzene rings is 1. The fourth-order valence-corrected chi connectivity index (χ4v) is 1.82. The Balaban J connectivity index is 1.74. The van der Waals surface area contributed by atoms with E-state index in [2.05, 4.69) is 20.5 Å². The van der Waals surface area contributed by atoms with Gasteiger partial charge in [0.05, 0.1) is 0 Å². The van der Waals surface area contributed by atoms with Crippen molar-refractivity contribution >= 4 is 11.6 Å². The van der Waals surface area contributed by atoms with Gasteiger partial charge >= 0.3 is 0 Å². The van der Waals surface area contributed by atoms with Gasteiger partial charge in [-0.15, -0.1) is 10.2 Å². The summed E-state index contributed by atoms with van der Waals surface area (Å²) in [6.45, 7) is 1.74. The van der Waals surface area contributed by atoms with E-state index in [0.29, 0.717) is 23.0 Å². The van der Waals surface area contributed by atoms with Crippen LogP contribution in [0.3, 0.4) is 0 Å². The van der Waals surface area contributed by atoms with Crippen LogP contribution in [0.5, 0.6) is 0 Å². The lowest BCUT2D eigenvalue weighted by Gasteiger charge is -2.05. The van der Waals surface area contributed by atoms with Crippen LogP contribution in [0.2, 0.25) is 0 Å². The predicted octanol–water partition coefficient (Wildman–Crippen LogP) is 2.69. The van der Waals surface area contributed by atoms with E-state index < -0.39 is 0 Å². The number of hydrogen-bond acceptors (Lipinski definition) is 5. The summed E-state index contributed by atoms with van der Waals surface area (Å²) in [4.78, 5) is 15.9. The largest absolute Gasteiger partial charge is 0.421 e. The maximum atomic E-state index is 12.0. The van der Waals surface area contributed by atoms with Gasteiger partial charge in [-0.05, 0) is 36.4 Å². The average molecular weight is 280 g/mol. The van der Waals surface area contributed by atoms with Crippen LogP contribution in [0, 0.1) is 6.92 Å². The molecule has 6 heteroatoms. The third-order valence-electron chi connectivity index (χ3n) is 2.86. The Bertz CT molecular complexity index is 751. The zero-order chi connectivity index (χ0) is 14.7. The Hall–Kier alpha value is -3.02. The SMILES string of the molecule is Cc1nnc(-c2ccc(NC(=O)c3ccncc3)cc2)o1. The van der Waals surface area contributed by atoms with Gasteiger partial charge in [-0.25, -0.2) is 0 Å². The first-order valence-electron chi connectivity index (χ1n) is 6.34. The quantitative estimate of drug-likeness (QED) is 0.797. The third-order valence-corrected chi connectivity index (χ3v) is 2.86. The number of carbonyl (C=O) groups excluding carboxylic acids is 1. The molecule has 1 amide bonds. The lowest BCUT2D eigenvalue weighted by Crippen LogP contribution is -2.11. The van der Waals surface area contributed by atoms with Crippen molar-refractivity contribution in [3.63, 3.8) is 0 Å². The van der Waals surface area contributed by atoms with Gasteiger partial charge in [0.2, 0.25) is 11.8 Å². The van der Waals surface area contributed by atoms with Crippen LogP contribution in [-0.4, -0.2) is 21.1 Å². The van der Waals surface area contributed by atoms with E-state index in [1.807, 2.05) is 12.1 Å². The number of pyridine rings is 1. The second-order valence-electron chi connectivity index (χ2n) is 4.39. The summed E-state index contributed by atoms with van der Waals surface area (Å²) in [6.07, 6.45) is 3.16. The van der Waals surface area contributed by atoms with Crippen molar-refractivity contribution < 1.29 is 9.21 Å². The summed E-state index contributed by atoms with van der Waals surface area (Å²) in [6, 6.07) is 10.5. The molecule has 104 valence electrons. The van der Waals surface area contributed by atoms with Crippen LogP contribution in [0.4, 0.5) is 5.69 Å². The normalized spacial score (nSPS) is 10.3. The van der Waals surface area contributed by atoms with Crippen LogP contribution in [0.25, 0.3) is 11.5 Å². The zero-order valence-electron chi connectivity index (χ0n) is 11.3. The van der Waals surface area contributed by atoms with Crippen molar-refractivity contribution in [2.45, 2.75) is 6.92 Å². The Morgan fingerprint density at radius 1 is 1.05 bits per heavy atom. The summed E-state index contributed by atoms with van der Waals surface area (Å²) in [7, 11) is 0. The van der Waals surface area contributed by atoms with Crippen molar-refractivity contribution in [2.24, 2.45) is 0 Å². The summed E-state index contributed by atoms with van der Waals surface area (Å²) in [5.74, 6) is 0.790. The Kier molecular flexibility index (Phi) is 3.42. The fourth-order valence-electron chi connectivity index (χ4n) is 1.82. The zero-order valence-corrected chi connectivity index (χ0v) is 11.3. The molecule has 0 radical (unpaired) electrons. The number of nitrogens with zero attached hydrogens (tertiary/aromatic N) is 3. The van der Waals surface area contributed by atoms with Crippen LogP contribution >= 0.6 is 0 Å². The van der Waals surface area contributed by atoms with Gasteiger partial charge < -0.3 is 9.73 Å². The van der Waals surface area contributed by atoms with Crippen molar-refractivity contribution in [2.75, 3.05) is 5.32 Å². The molecule has 2 aromatic heterocycles. The van der Waals surface area contributed by atoms with E-state index in [-0.39, 0.29) is 5.91 Å². The minimum absolute atomic E-state index is 0.182. The van der Waals surface area contributed by atoms with Gasteiger partial charge in [-0.1, -0.05) is 0 Å². The summed E-state index contributed by atoms with van der Waals surface area (Å²) < 4.78 is 5.34. The number of aryl methyl sites for hydroxylation is 1. The van der Waals surface area contributed by atoms with Crippen LogP contribution in [-0.2, 0) is 0 Å². The highest BCUT2D eigenvalue weighted by molar-refractivity contribution is 6.04. The van der Waals surface area contributed by atoms with Gasteiger partial charge in [-0.3, -0.25) is 9.78 Å². The van der Waals surface area contributed by atoms with E-state index in [9.17, 15) is 4.79 Å². The molecule has 21 heavy (non-hydrogen) atoms. The third kappa shape index (κ3) is 2.94. The Morgan fingerprint density at radius 3 is 2.38 bits per heavy atom. The molecule has 6 nitrogen and oxygen atoms in total. The highest BCUT2D eigenvalue weighted by Crippen LogP contribution is 2.20. The molecule has 0 fully saturated rings. The number of aromatic nitrogens is 3. The first-order chi connectivity index (χ1) is 10.2. The number of amides is 1. The van der Waals surface area contributed by atoms with Gasteiger partial charge in [0.25, 0.3) is 5.91 Å². The van der Waals surface area contributed by atoms with Crippen LogP contribution in [0.1, 0.15) is 16.2 Å².